The molecule has 2 N–H and O–H groups in total. The topological polar surface area (TPSA) is 37.0 Å². The quantitative estimate of drug-likeness (QED) is 0.855. The van der Waals surface area contributed by atoms with Crippen molar-refractivity contribution in [1.29, 1.82) is 0 Å². The van der Waals surface area contributed by atoms with Gasteiger partial charge in [0.05, 0.1) is 5.70 Å². The van der Waals surface area contributed by atoms with Gasteiger partial charge in [-0.2, -0.15) is 0 Å². The maximum atomic E-state index is 5.62. The normalized spacial score (nSPS) is 19.5. The van der Waals surface area contributed by atoms with E-state index in [1.54, 1.807) is 7.11 Å². The number of hydrogen-bond acceptors (Lipinski definition) is 2. The zero-order valence-electron chi connectivity index (χ0n) is 11.4. The van der Waals surface area contributed by atoms with Gasteiger partial charge >= 0.3 is 0 Å². The van der Waals surface area contributed by atoms with Crippen molar-refractivity contribution < 1.29 is 4.74 Å². The fourth-order valence-electron chi connectivity index (χ4n) is 2.65. The number of ether oxygens (including phenoxy) is 1. The highest BCUT2D eigenvalue weighted by atomic mass is 16.5. The summed E-state index contributed by atoms with van der Waals surface area (Å²) in [6.45, 7) is 4.18. The standard InChI is InChI=1S/C16H18N2O/c1-10-8-11(2)17-14(10)9-15-16(19-3)12-6-4-5-7-13(12)18-15/h4-9,16-18H,1-3H3. The van der Waals surface area contributed by atoms with Gasteiger partial charge in [-0.05, 0) is 37.6 Å². The Morgan fingerprint density at radius 2 is 2.00 bits per heavy atom. The summed E-state index contributed by atoms with van der Waals surface area (Å²) in [7, 11) is 1.75. The van der Waals surface area contributed by atoms with Gasteiger partial charge < -0.3 is 15.0 Å². The molecule has 0 saturated heterocycles. The van der Waals surface area contributed by atoms with E-state index in [1.807, 2.05) is 12.1 Å². The molecule has 0 amide bonds. The molecular formula is C16H18N2O. The van der Waals surface area contributed by atoms with Gasteiger partial charge in [-0.3, -0.25) is 0 Å². The van der Waals surface area contributed by atoms with Crippen LogP contribution in [0, 0.1) is 13.8 Å². The van der Waals surface area contributed by atoms with Crippen molar-refractivity contribution >= 4 is 11.8 Å². The predicted molar refractivity (Wildman–Crippen MR) is 78.1 cm³/mol. The van der Waals surface area contributed by atoms with Gasteiger partial charge in [0, 0.05) is 29.7 Å². The first-order valence-electron chi connectivity index (χ1n) is 6.45. The maximum absolute atomic E-state index is 5.62. The molecular weight excluding hydrogens is 236 g/mol. The Morgan fingerprint density at radius 3 is 2.68 bits per heavy atom. The zero-order valence-corrected chi connectivity index (χ0v) is 11.4. The first-order chi connectivity index (χ1) is 9.19. The van der Waals surface area contributed by atoms with Crippen LogP contribution in [-0.4, -0.2) is 12.1 Å². The number of H-pyrrole nitrogens is 1. The lowest BCUT2D eigenvalue weighted by molar-refractivity contribution is 0.139. The lowest BCUT2D eigenvalue weighted by atomic mass is 10.1. The number of rotatable bonds is 2. The highest BCUT2D eigenvalue weighted by Crippen LogP contribution is 2.39. The van der Waals surface area contributed by atoms with Gasteiger partial charge in [-0.25, -0.2) is 0 Å². The van der Waals surface area contributed by atoms with E-state index in [1.165, 1.54) is 16.8 Å². The Morgan fingerprint density at radius 1 is 1.21 bits per heavy atom. The molecule has 1 atom stereocenters. The fraction of sp³-hybridized carbons (Fsp3) is 0.250. The molecule has 0 saturated carbocycles. The van der Waals surface area contributed by atoms with E-state index in [-0.39, 0.29) is 6.10 Å². The van der Waals surface area contributed by atoms with Gasteiger partial charge in [0.2, 0.25) is 0 Å². The Balaban J connectivity index is 2.01. The lowest BCUT2D eigenvalue weighted by Gasteiger charge is -2.10. The summed E-state index contributed by atoms with van der Waals surface area (Å²) in [5.74, 6) is 0. The van der Waals surface area contributed by atoms with Crippen LogP contribution in [0.25, 0.3) is 6.08 Å². The molecule has 0 aliphatic carbocycles. The van der Waals surface area contributed by atoms with Gasteiger partial charge in [0.15, 0.2) is 0 Å². The van der Waals surface area contributed by atoms with Crippen LogP contribution in [0.1, 0.15) is 28.6 Å². The minimum atomic E-state index is -0.0146. The van der Waals surface area contributed by atoms with E-state index in [9.17, 15) is 0 Å². The number of anilines is 1. The molecule has 2 heterocycles. The molecule has 3 nitrogen and oxygen atoms in total. The number of nitrogens with one attached hydrogen (secondary N) is 2. The summed E-state index contributed by atoms with van der Waals surface area (Å²) in [4.78, 5) is 3.37. The Bertz CT molecular complexity index is 640. The van der Waals surface area contributed by atoms with Gasteiger partial charge in [-0.1, -0.05) is 18.2 Å². The van der Waals surface area contributed by atoms with E-state index in [0.717, 1.165) is 17.1 Å². The summed E-state index contributed by atoms with van der Waals surface area (Å²) < 4.78 is 5.62. The van der Waals surface area contributed by atoms with Crippen molar-refractivity contribution in [3.05, 3.63) is 58.5 Å². The average molecular weight is 254 g/mol. The fourth-order valence-corrected chi connectivity index (χ4v) is 2.65. The van der Waals surface area contributed by atoms with Crippen LogP contribution in [0.5, 0.6) is 0 Å². The molecule has 1 aromatic carbocycles. The highest BCUT2D eigenvalue weighted by molar-refractivity contribution is 5.70. The summed E-state index contributed by atoms with van der Waals surface area (Å²) in [6, 6.07) is 10.4. The van der Waals surface area contributed by atoms with Crippen LogP contribution in [0.3, 0.4) is 0 Å². The number of aromatic amines is 1. The van der Waals surface area contributed by atoms with Crippen molar-refractivity contribution in [3.8, 4) is 0 Å². The van der Waals surface area contributed by atoms with Crippen molar-refractivity contribution in [1.82, 2.24) is 4.98 Å². The summed E-state index contributed by atoms with van der Waals surface area (Å²) in [5, 5.41) is 3.44. The van der Waals surface area contributed by atoms with E-state index in [4.69, 9.17) is 4.74 Å². The second-order valence-corrected chi connectivity index (χ2v) is 4.98. The number of aromatic nitrogens is 1. The number of aryl methyl sites for hydroxylation is 2. The molecule has 1 aliphatic heterocycles. The minimum Gasteiger partial charge on any atom is -0.370 e. The molecule has 0 radical (unpaired) electrons. The highest BCUT2D eigenvalue weighted by Gasteiger charge is 2.26. The number of hydrogen-bond donors (Lipinski definition) is 2. The first-order valence-corrected chi connectivity index (χ1v) is 6.45. The van der Waals surface area contributed by atoms with E-state index in [2.05, 4.69) is 48.4 Å². The third-order valence-corrected chi connectivity index (χ3v) is 3.53. The van der Waals surface area contributed by atoms with Crippen molar-refractivity contribution in [2.75, 3.05) is 12.4 Å². The predicted octanol–water partition coefficient (Wildman–Crippen LogP) is 3.79. The van der Waals surface area contributed by atoms with E-state index in [0.29, 0.717) is 0 Å². The Kier molecular flexibility index (Phi) is 2.91. The molecule has 1 unspecified atom stereocenters. The summed E-state index contributed by atoms with van der Waals surface area (Å²) in [5.41, 5.74) is 6.95. The average Bonchev–Trinajstić information content (AvgIpc) is 2.89. The van der Waals surface area contributed by atoms with Crippen molar-refractivity contribution in [3.63, 3.8) is 0 Å². The molecule has 0 spiro atoms. The molecule has 0 fully saturated rings. The third-order valence-electron chi connectivity index (χ3n) is 3.53. The SMILES string of the molecule is COC1C(=Cc2[nH]c(C)cc2C)Nc2ccccc21. The second-order valence-electron chi connectivity index (χ2n) is 4.98. The van der Waals surface area contributed by atoms with Crippen molar-refractivity contribution in [2.45, 2.75) is 20.0 Å². The number of methoxy groups -OCH3 is 1. The molecule has 1 aromatic heterocycles. The van der Waals surface area contributed by atoms with Gasteiger partial charge in [0.25, 0.3) is 0 Å². The third kappa shape index (κ3) is 2.06. The first kappa shape index (κ1) is 12.1. The van der Waals surface area contributed by atoms with Crippen LogP contribution < -0.4 is 5.32 Å². The maximum Gasteiger partial charge on any atom is 0.124 e. The van der Waals surface area contributed by atoms with Crippen LogP contribution in [-0.2, 0) is 4.74 Å². The van der Waals surface area contributed by atoms with Crippen molar-refractivity contribution in [2.24, 2.45) is 0 Å². The summed E-state index contributed by atoms with van der Waals surface area (Å²) in [6.07, 6.45) is 2.12. The molecule has 19 heavy (non-hydrogen) atoms. The number of benzene rings is 1. The molecule has 3 rings (SSSR count). The lowest BCUT2D eigenvalue weighted by Crippen LogP contribution is -2.02. The smallest absolute Gasteiger partial charge is 0.124 e. The monoisotopic (exact) mass is 254 g/mol. The van der Waals surface area contributed by atoms with Crippen LogP contribution in [0.15, 0.2) is 36.0 Å². The van der Waals surface area contributed by atoms with Crippen LogP contribution in [0.4, 0.5) is 5.69 Å². The van der Waals surface area contributed by atoms with Crippen LogP contribution in [0.2, 0.25) is 0 Å². The largest absolute Gasteiger partial charge is 0.370 e. The van der Waals surface area contributed by atoms with Crippen LogP contribution >= 0.6 is 0 Å². The molecule has 0 bridgehead atoms. The van der Waals surface area contributed by atoms with E-state index < -0.39 is 0 Å². The molecule has 1 aliphatic rings. The zero-order chi connectivity index (χ0) is 13.4. The number of fused-ring (bicyclic) bond motifs is 1. The Labute approximate surface area is 113 Å². The minimum absolute atomic E-state index is 0.0146. The van der Waals surface area contributed by atoms with Gasteiger partial charge in [-0.15, -0.1) is 0 Å². The second kappa shape index (κ2) is 4.59. The molecule has 3 heteroatoms. The summed E-state index contributed by atoms with van der Waals surface area (Å²) >= 11 is 0. The van der Waals surface area contributed by atoms with Gasteiger partial charge in [0.1, 0.15) is 6.10 Å². The molecule has 98 valence electrons. The Hall–Kier alpha value is -2.00. The molecule has 2 aromatic rings. The number of para-hydroxylation sites is 1. The van der Waals surface area contributed by atoms with E-state index >= 15 is 0 Å².